The SMILES string of the molecule is c1ccc2c(c1)SCC2NCCn1cccn1. The maximum Gasteiger partial charge on any atom is 0.0534 e. The van der Waals surface area contributed by atoms with Crippen LogP contribution in [0.1, 0.15) is 11.6 Å². The standard InChI is InChI=1S/C13H15N3S/c1-2-5-13-11(4-1)12(10-17-13)14-7-9-16-8-3-6-15-16/h1-6,8,12,14H,7,9-10H2. The first-order valence-electron chi connectivity index (χ1n) is 5.86. The number of rotatable bonds is 4. The fourth-order valence-electron chi connectivity index (χ4n) is 2.12. The minimum atomic E-state index is 0.492. The third kappa shape index (κ3) is 2.37. The fourth-order valence-corrected chi connectivity index (χ4v) is 3.31. The molecule has 0 spiro atoms. The molecule has 1 atom stereocenters. The topological polar surface area (TPSA) is 29.9 Å². The lowest BCUT2D eigenvalue weighted by molar-refractivity contribution is 0.512. The highest BCUT2D eigenvalue weighted by Gasteiger charge is 2.21. The Labute approximate surface area is 105 Å². The first kappa shape index (κ1) is 10.9. The highest BCUT2D eigenvalue weighted by atomic mass is 32.2. The number of aromatic nitrogens is 2. The maximum absolute atomic E-state index is 4.20. The van der Waals surface area contributed by atoms with E-state index in [1.807, 2.05) is 34.9 Å². The van der Waals surface area contributed by atoms with Gasteiger partial charge >= 0.3 is 0 Å². The third-order valence-electron chi connectivity index (χ3n) is 2.99. The molecule has 4 heteroatoms. The molecular weight excluding hydrogens is 230 g/mol. The van der Waals surface area contributed by atoms with Gasteiger partial charge in [0.25, 0.3) is 0 Å². The highest BCUT2D eigenvalue weighted by molar-refractivity contribution is 7.99. The zero-order valence-corrected chi connectivity index (χ0v) is 10.4. The second kappa shape index (κ2) is 4.94. The molecule has 1 N–H and O–H groups in total. The Kier molecular flexibility index (Phi) is 3.16. The van der Waals surface area contributed by atoms with Crippen LogP contribution < -0.4 is 5.32 Å². The van der Waals surface area contributed by atoms with Gasteiger partial charge in [0.05, 0.1) is 6.54 Å². The van der Waals surface area contributed by atoms with Gasteiger partial charge in [-0.25, -0.2) is 0 Å². The number of hydrogen-bond donors (Lipinski definition) is 1. The van der Waals surface area contributed by atoms with Crippen LogP contribution in [0, 0.1) is 0 Å². The first-order chi connectivity index (χ1) is 8.43. The van der Waals surface area contributed by atoms with Gasteiger partial charge in [-0.2, -0.15) is 5.10 Å². The average molecular weight is 245 g/mol. The van der Waals surface area contributed by atoms with Gasteiger partial charge in [0.2, 0.25) is 0 Å². The second-order valence-corrected chi connectivity index (χ2v) is 5.19. The minimum Gasteiger partial charge on any atom is -0.307 e. The first-order valence-corrected chi connectivity index (χ1v) is 6.84. The Morgan fingerprint density at radius 2 is 2.29 bits per heavy atom. The van der Waals surface area contributed by atoms with Crippen molar-refractivity contribution in [2.45, 2.75) is 17.5 Å². The van der Waals surface area contributed by atoms with Crippen LogP contribution in [0.15, 0.2) is 47.6 Å². The van der Waals surface area contributed by atoms with E-state index >= 15 is 0 Å². The zero-order valence-electron chi connectivity index (χ0n) is 9.54. The molecule has 0 saturated heterocycles. The Morgan fingerprint density at radius 3 is 3.18 bits per heavy atom. The van der Waals surface area contributed by atoms with Gasteiger partial charge in [-0.3, -0.25) is 4.68 Å². The zero-order chi connectivity index (χ0) is 11.5. The molecule has 1 aliphatic heterocycles. The maximum atomic E-state index is 4.20. The number of benzene rings is 1. The predicted octanol–water partition coefficient (Wildman–Crippen LogP) is 2.32. The highest BCUT2D eigenvalue weighted by Crippen LogP contribution is 2.37. The lowest BCUT2D eigenvalue weighted by atomic mass is 10.1. The van der Waals surface area contributed by atoms with Crippen LogP contribution in [0.5, 0.6) is 0 Å². The van der Waals surface area contributed by atoms with Gasteiger partial charge in [0, 0.05) is 35.6 Å². The van der Waals surface area contributed by atoms with E-state index in [4.69, 9.17) is 0 Å². The molecule has 0 aliphatic carbocycles. The molecule has 0 radical (unpaired) electrons. The van der Waals surface area contributed by atoms with E-state index in [0.717, 1.165) is 18.8 Å². The summed E-state index contributed by atoms with van der Waals surface area (Å²) in [4.78, 5) is 1.42. The smallest absolute Gasteiger partial charge is 0.0534 e. The number of fused-ring (bicyclic) bond motifs is 1. The molecule has 1 aromatic heterocycles. The molecular formula is C13H15N3S. The van der Waals surface area contributed by atoms with Crippen LogP contribution >= 0.6 is 11.8 Å². The van der Waals surface area contributed by atoms with Crippen molar-refractivity contribution >= 4 is 11.8 Å². The van der Waals surface area contributed by atoms with Crippen molar-refractivity contribution in [3.05, 3.63) is 48.3 Å². The number of nitrogens with one attached hydrogen (secondary N) is 1. The van der Waals surface area contributed by atoms with E-state index in [9.17, 15) is 0 Å². The lowest BCUT2D eigenvalue weighted by Crippen LogP contribution is -2.25. The van der Waals surface area contributed by atoms with E-state index in [0.29, 0.717) is 6.04 Å². The van der Waals surface area contributed by atoms with E-state index in [1.54, 1.807) is 0 Å². The van der Waals surface area contributed by atoms with Gasteiger partial charge in [0.1, 0.15) is 0 Å². The Hall–Kier alpha value is -1.26. The van der Waals surface area contributed by atoms with E-state index < -0.39 is 0 Å². The van der Waals surface area contributed by atoms with Crippen LogP contribution in [-0.2, 0) is 6.54 Å². The van der Waals surface area contributed by atoms with Crippen molar-refractivity contribution in [3.8, 4) is 0 Å². The van der Waals surface area contributed by atoms with Crippen LogP contribution in [-0.4, -0.2) is 22.1 Å². The predicted molar refractivity (Wildman–Crippen MR) is 70.1 cm³/mol. The molecule has 88 valence electrons. The van der Waals surface area contributed by atoms with E-state index in [2.05, 4.69) is 34.7 Å². The Bertz CT molecular complexity index is 481. The molecule has 3 rings (SSSR count). The van der Waals surface area contributed by atoms with Crippen LogP contribution in [0.2, 0.25) is 0 Å². The molecule has 0 amide bonds. The van der Waals surface area contributed by atoms with E-state index in [-0.39, 0.29) is 0 Å². The van der Waals surface area contributed by atoms with Crippen molar-refractivity contribution in [1.29, 1.82) is 0 Å². The summed E-state index contributed by atoms with van der Waals surface area (Å²) in [6.45, 7) is 1.89. The van der Waals surface area contributed by atoms with Crippen molar-refractivity contribution in [3.63, 3.8) is 0 Å². The monoisotopic (exact) mass is 245 g/mol. The molecule has 1 aromatic carbocycles. The Balaban J connectivity index is 1.57. The Morgan fingerprint density at radius 1 is 1.35 bits per heavy atom. The van der Waals surface area contributed by atoms with E-state index in [1.165, 1.54) is 10.5 Å². The normalized spacial score (nSPS) is 18.2. The number of nitrogens with zero attached hydrogens (tertiary/aromatic N) is 2. The van der Waals surface area contributed by atoms with Gasteiger partial charge in [-0.05, 0) is 17.7 Å². The van der Waals surface area contributed by atoms with Crippen LogP contribution in [0.4, 0.5) is 0 Å². The summed E-state index contributed by atoms with van der Waals surface area (Å²) in [5.41, 5.74) is 1.44. The number of thioether (sulfide) groups is 1. The van der Waals surface area contributed by atoms with Crippen molar-refractivity contribution in [1.82, 2.24) is 15.1 Å². The van der Waals surface area contributed by atoms with Gasteiger partial charge in [0.15, 0.2) is 0 Å². The largest absolute Gasteiger partial charge is 0.307 e. The quantitative estimate of drug-likeness (QED) is 0.896. The summed E-state index contributed by atoms with van der Waals surface area (Å²) in [5, 5.41) is 7.79. The molecule has 3 nitrogen and oxygen atoms in total. The molecule has 2 heterocycles. The summed E-state index contributed by atoms with van der Waals surface area (Å²) in [7, 11) is 0. The molecule has 17 heavy (non-hydrogen) atoms. The average Bonchev–Trinajstić information content (AvgIpc) is 2.99. The summed E-state index contributed by atoms with van der Waals surface area (Å²) >= 11 is 1.94. The summed E-state index contributed by atoms with van der Waals surface area (Å²) in [6, 6.07) is 11.1. The molecule has 0 saturated carbocycles. The van der Waals surface area contributed by atoms with Crippen LogP contribution in [0.3, 0.4) is 0 Å². The van der Waals surface area contributed by atoms with Gasteiger partial charge < -0.3 is 5.32 Å². The molecule has 0 bridgehead atoms. The van der Waals surface area contributed by atoms with Crippen molar-refractivity contribution < 1.29 is 0 Å². The minimum absolute atomic E-state index is 0.492. The lowest BCUT2D eigenvalue weighted by Gasteiger charge is -2.13. The molecule has 2 aromatic rings. The summed E-state index contributed by atoms with van der Waals surface area (Å²) in [6.07, 6.45) is 3.82. The van der Waals surface area contributed by atoms with Crippen molar-refractivity contribution in [2.75, 3.05) is 12.3 Å². The fraction of sp³-hybridized carbons (Fsp3) is 0.308. The van der Waals surface area contributed by atoms with Gasteiger partial charge in [-0.15, -0.1) is 11.8 Å². The van der Waals surface area contributed by atoms with Gasteiger partial charge in [-0.1, -0.05) is 18.2 Å². The summed E-state index contributed by atoms with van der Waals surface area (Å²) in [5.74, 6) is 1.14. The van der Waals surface area contributed by atoms with Crippen molar-refractivity contribution in [2.24, 2.45) is 0 Å². The number of hydrogen-bond acceptors (Lipinski definition) is 3. The summed E-state index contributed by atoms with van der Waals surface area (Å²) < 4.78 is 1.96. The second-order valence-electron chi connectivity index (χ2n) is 4.12. The molecule has 0 fully saturated rings. The van der Waals surface area contributed by atoms with Crippen LogP contribution in [0.25, 0.3) is 0 Å². The third-order valence-corrected chi connectivity index (χ3v) is 4.17. The molecule has 1 aliphatic rings. The molecule has 1 unspecified atom stereocenters.